The number of nitrogens with zero attached hydrogens (tertiary/aromatic N) is 1. The number of hydrogen-bond acceptors (Lipinski definition) is 2. The highest BCUT2D eigenvalue weighted by atomic mass is 35.5. The van der Waals surface area contributed by atoms with Crippen LogP contribution in [0.5, 0.6) is 0 Å². The zero-order valence-corrected chi connectivity index (χ0v) is 9.28. The van der Waals surface area contributed by atoms with E-state index in [4.69, 9.17) is 16.7 Å². The summed E-state index contributed by atoms with van der Waals surface area (Å²) in [6.07, 6.45) is 1.76. The van der Waals surface area contributed by atoms with E-state index in [0.717, 1.165) is 0 Å². The molecule has 4 nitrogen and oxygen atoms in total. The molecule has 5 heteroatoms. The van der Waals surface area contributed by atoms with Crippen molar-refractivity contribution in [1.29, 1.82) is 0 Å². The van der Waals surface area contributed by atoms with E-state index >= 15 is 0 Å². The Morgan fingerprint density at radius 3 is 2.80 bits per heavy atom. The minimum absolute atomic E-state index is 0.188. The van der Waals surface area contributed by atoms with Gasteiger partial charge >= 0.3 is 5.97 Å². The molecule has 1 rings (SSSR count). The van der Waals surface area contributed by atoms with Crippen molar-refractivity contribution in [3.63, 3.8) is 0 Å². The molecule has 1 aromatic heterocycles. The Bertz CT molecular complexity index is 439. The number of carboxylic acid groups (broad SMARTS) is 1. The number of aromatic nitrogens is 1. The molecule has 82 valence electrons. The van der Waals surface area contributed by atoms with Gasteiger partial charge in [-0.15, -0.1) is 0 Å². The Balaban J connectivity index is 3.01. The number of carboxylic acids is 1. The van der Waals surface area contributed by atoms with Crippen molar-refractivity contribution in [2.24, 2.45) is 13.0 Å². The van der Waals surface area contributed by atoms with Crippen LogP contribution in [0.15, 0.2) is 17.1 Å². The second-order valence-electron chi connectivity index (χ2n) is 3.54. The van der Waals surface area contributed by atoms with Gasteiger partial charge in [-0.05, 0) is 12.0 Å². The molecule has 0 spiro atoms. The summed E-state index contributed by atoms with van der Waals surface area (Å²) in [5.74, 6) is -1.44. The molecule has 0 aliphatic carbocycles. The lowest BCUT2D eigenvalue weighted by Gasteiger charge is -2.08. The second kappa shape index (κ2) is 4.49. The maximum atomic E-state index is 11.3. The molecular formula is C10H12ClNO3. The maximum Gasteiger partial charge on any atom is 0.306 e. The smallest absolute Gasteiger partial charge is 0.306 e. The zero-order valence-electron chi connectivity index (χ0n) is 8.53. The van der Waals surface area contributed by atoms with E-state index in [9.17, 15) is 9.59 Å². The molecule has 0 saturated heterocycles. The van der Waals surface area contributed by atoms with Crippen molar-refractivity contribution >= 4 is 17.6 Å². The predicted octanol–water partition coefficient (Wildman–Crippen LogP) is 1.30. The third-order valence-corrected chi connectivity index (χ3v) is 2.55. The van der Waals surface area contributed by atoms with Gasteiger partial charge in [-0.3, -0.25) is 9.59 Å². The number of aryl methyl sites for hydroxylation is 1. The van der Waals surface area contributed by atoms with Crippen LogP contribution in [0.1, 0.15) is 12.5 Å². The molecule has 0 amide bonds. The first-order chi connectivity index (χ1) is 6.91. The molecule has 1 aromatic rings. The van der Waals surface area contributed by atoms with Gasteiger partial charge in [0.25, 0.3) is 5.56 Å². The van der Waals surface area contributed by atoms with Crippen molar-refractivity contribution in [3.8, 4) is 0 Å². The van der Waals surface area contributed by atoms with Crippen LogP contribution in [-0.4, -0.2) is 15.6 Å². The Morgan fingerprint density at radius 2 is 2.27 bits per heavy atom. The Kier molecular flexibility index (Phi) is 3.52. The van der Waals surface area contributed by atoms with Crippen LogP contribution in [0.3, 0.4) is 0 Å². The number of pyridine rings is 1. The van der Waals surface area contributed by atoms with Crippen LogP contribution in [0.25, 0.3) is 0 Å². The summed E-state index contributed by atoms with van der Waals surface area (Å²) in [5, 5.41) is 9.15. The minimum Gasteiger partial charge on any atom is -0.481 e. The molecule has 0 aromatic carbocycles. The number of halogens is 1. The summed E-state index contributed by atoms with van der Waals surface area (Å²) in [4.78, 5) is 21.9. The van der Waals surface area contributed by atoms with Crippen LogP contribution in [0.4, 0.5) is 0 Å². The third kappa shape index (κ3) is 2.83. The molecule has 0 bridgehead atoms. The summed E-state index contributed by atoms with van der Waals surface area (Å²) in [6, 6.07) is 1.38. The highest BCUT2D eigenvalue weighted by Crippen LogP contribution is 2.16. The van der Waals surface area contributed by atoms with E-state index in [2.05, 4.69) is 0 Å². The van der Waals surface area contributed by atoms with Gasteiger partial charge in [0.1, 0.15) is 0 Å². The standard InChI is InChI=1S/C10H12ClNO3/c1-6(10(14)15)3-7-4-9(13)12(2)5-8(7)11/h4-6H,3H2,1-2H3,(H,14,15). The van der Waals surface area contributed by atoms with Crippen LogP contribution < -0.4 is 5.56 Å². The van der Waals surface area contributed by atoms with Crippen molar-refractivity contribution in [2.75, 3.05) is 0 Å². The first kappa shape index (κ1) is 11.8. The highest BCUT2D eigenvalue weighted by molar-refractivity contribution is 6.31. The van der Waals surface area contributed by atoms with E-state index in [1.54, 1.807) is 14.0 Å². The van der Waals surface area contributed by atoms with E-state index in [1.165, 1.54) is 16.8 Å². The van der Waals surface area contributed by atoms with Gasteiger partial charge in [0.2, 0.25) is 0 Å². The van der Waals surface area contributed by atoms with Gasteiger partial charge in [-0.1, -0.05) is 18.5 Å². The maximum absolute atomic E-state index is 11.3. The summed E-state index contributed by atoms with van der Waals surface area (Å²) >= 11 is 5.90. The molecule has 0 aliphatic rings. The van der Waals surface area contributed by atoms with Gasteiger partial charge < -0.3 is 9.67 Å². The van der Waals surface area contributed by atoms with Crippen molar-refractivity contribution < 1.29 is 9.90 Å². The number of carbonyl (C=O) groups is 1. The Morgan fingerprint density at radius 1 is 1.67 bits per heavy atom. The topological polar surface area (TPSA) is 59.3 Å². The van der Waals surface area contributed by atoms with E-state index in [0.29, 0.717) is 10.6 Å². The molecule has 0 fully saturated rings. The van der Waals surface area contributed by atoms with Crippen LogP contribution in [0.2, 0.25) is 5.02 Å². The summed E-state index contributed by atoms with van der Waals surface area (Å²) in [7, 11) is 1.60. The molecule has 1 atom stereocenters. The van der Waals surface area contributed by atoms with Crippen LogP contribution >= 0.6 is 11.6 Å². The molecular weight excluding hydrogens is 218 g/mol. The van der Waals surface area contributed by atoms with Gasteiger partial charge in [-0.2, -0.15) is 0 Å². The molecule has 1 N–H and O–H groups in total. The van der Waals surface area contributed by atoms with Crippen molar-refractivity contribution in [2.45, 2.75) is 13.3 Å². The van der Waals surface area contributed by atoms with Crippen molar-refractivity contribution in [3.05, 3.63) is 33.2 Å². The Labute approximate surface area is 92.1 Å². The molecule has 1 heterocycles. The minimum atomic E-state index is -0.897. The van der Waals surface area contributed by atoms with Crippen molar-refractivity contribution in [1.82, 2.24) is 4.57 Å². The predicted molar refractivity (Wildman–Crippen MR) is 57.2 cm³/mol. The quantitative estimate of drug-likeness (QED) is 0.850. The van der Waals surface area contributed by atoms with Gasteiger partial charge in [0, 0.05) is 19.3 Å². The van der Waals surface area contributed by atoms with Gasteiger partial charge in [-0.25, -0.2) is 0 Å². The highest BCUT2D eigenvalue weighted by Gasteiger charge is 2.14. The van der Waals surface area contributed by atoms with Gasteiger partial charge in [0.05, 0.1) is 10.9 Å². The van der Waals surface area contributed by atoms with Crippen LogP contribution in [-0.2, 0) is 18.3 Å². The lowest BCUT2D eigenvalue weighted by Crippen LogP contribution is -2.18. The van der Waals surface area contributed by atoms with E-state index < -0.39 is 11.9 Å². The Hall–Kier alpha value is -1.29. The molecule has 0 saturated carbocycles. The first-order valence-corrected chi connectivity index (χ1v) is 4.87. The van der Waals surface area contributed by atoms with Gasteiger partial charge in [0.15, 0.2) is 0 Å². The summed E-state index contributed by atoms with van der Waals surface area (Å²) in [6.45, 7) is 1.58. The molecule has 1 unspecified atom stereocenters. The zero-order chi connectivity index (χ0) is 11.6. The average Bonchev–Trinajstić information content (AvgIpc) is 2.13. The number of aliphatic carboxylic acids is 1. The fourth-order valence-corrected chi connectivity index (χ4v) is 1.49. The number of rotatable bonds is 3. The third-order valence-electron chi connectivity index (χ3n) is 2.21. The fraction of sp³-hybridized carbons (Fsp3) is 0.400. The number of hydrogen-bond donors (Lipinski definition) is 1. The fourth-order valence-electron chi connectivity index (χ4n) is 1.21. The summed E-state index contributed by atoms with van der Waals surface area (Å²) < 4.78 is 1.36. The first-order valence-electron chi connectivity index (χ1n) is 4.49. The lowest BCUT2D eigenvalue weighted by molar-refractivity contribution is -0.141. The molecule has 0 radical (unpaired) electrons. The van der Waals surface area contributed by atoms with Crippen LogP contribution in [0, 0.1) is 5.92 Å². The SMILES string of the molecule is CC(Cc1cc(=O)n(C)cc1Cl)C(=O)O. The second-order valence-corrected chi connectivity index (χ2v) is 3.95. The monoisotopic (exact) mass is 229 g/mol. The van der Waals surface area contributed by atoms with E-state index in [-0.39, 0.29) is 12.0 Å². The largest absolute Gasteiger partial charge is 0.481 e. The lowest BCUT2D eigenvalue weighted by atomic mass is 10.0. The normalized spacial score (nSPS) is 12.5. The average molecular weight is 230 g/mol. The molecule has 15 heavy (non-hydrogen) atoms. The van der Waals surface area contributed by atoms with E-state index in [1.807, 2.05) is 0 Å². The molecule has 0 aliphatic heterocycles. The summed E-state index contributed by atoms with van der Waals surface area (Å²) in [5.41, 5.74) is 0.390.